The van der Waals surface area contributed by atoms with Gasteiger partial charge in [0.05, 0.1) is 21.0 Å². The first-order chi connectivity index (χ1) is 14.1. The van der Waals surface area contributed by atoms with Crippen LogP contribution in [-0.2, 0) is 17.6 Å². The minimum Gasteiger partial charge on any atom is -0.416 e. The molecule has 0 aliphatic heterocycles. The molecule has 2 aromatic carbocycles. The lowest BCUT2D eigenvalue weighted by atomic mass is 10.2. The summed E-state index contributed by atoms with van der Waals surface area (Å²) in [6, 6.07) is 13.5. The third kappa shape index (κ3) is 5.14. The van der Waals surface area contributed by atoms with Crippen LogP contribution >= 0.6 is 34.7 Å². The smallest absolute Gasteiger partial charge is 0.277 e. The van der Waals surface area contributed by atoms with Crippen molar-refractivity contribution in [2.75, 3.05) is 11.1 Å². The highest BCUT2D eigenvalue weighted by molar-refractivity contribution is 7.99. The van der Waals surface area contributed by atoms with E-state index in [4.69, 9.17) is 16.0 Å². The van der Waals surface area contributed by atoms with E-state index >= 15 is 0 Å². The van der Waals surface area contributed by atoms with Crippen molar-refractivity contribution in [1.82, 2.24) is 15.2 Å². The van der Waals surface area contributed by atoms with Crippen molar-refractivity contribution in [2.24, 2.45) is 0 Å². The summed E-state index contributed by atoms with van der Waals surface area (Å²) in [5.41, 5.74) is 2.63. The summed E-state index contributed by atoms with van der Waals surface area (Å²) in [7, 11) is 0. The standard InChI is InChI=1S/C20H17ClN4O2S2/c1-12-6-7-13(10-14(12)21)22-17(26)11-28-20-25-24-18(27-20)8-9-19-23-15-4-2-3-5-16(15)29-19/h2-7,10H,8-9,11H2,1H3,(H,22,26). The van der Waals surface area contributed by atoms with Crippen LogP contribution in [-0.4, -0.2) is 26.8 Å². The van der Waals surface area contributed by atoms with E-state index in [9.17, 15) is 4.79 Å². The molecule has 2 heterocycles. The number of fused-ring (bicyclic) bond motifs is 1. The number of thioether (sulfide) groups is 1. The molecule has 0 aliphatic carbocycles. The van der Waals surface area contributed by atoms with E-state index in [-0.39, 0.29) is 11.7 Å². The number of aryl methyl sites for hydroxylation is 3. The number of benzene rings is 2. The molecule has 1 amide bonds. The van der Waals surface area contributed by atoms with E-state index in [2.05, 4.69) is 26.6 Å². The fourth-order valence-corrected chi connectivity index (χ4v) is 4.36. The maximum atomic E-state index is 12.1. The lowest BCUT2D eigenvalue weighted by Gasteiger charge is -2.05. The molecule has 9 heteroatoms. The van der Waals surface area contributed by atoms with Crippen molar-refractivity contribution in [3.05, 3.63) is 63.9 Å². The van der Waals surface area contributed by atoms with Crippen molar-refractivity contribution >= 4 is 56.5 Å². The number of nitrogens with zero attached hydrogens (tertiary/aromatic N) is 3. The zero-order valence-electron chi connectivity index (χ0n) is 15.5. The molecular formula is C20H17ClN4O2S2. The zero-order valence-corrected chi connectivity index (χ0v) is 17.9. The van der Waals surface area contributed by atoms with Gasteiger partial charge in [0.15, 0.2) is 0 Å². The third-order valence-corrected chi connectivity index (χ3v) is 6.44. The Morgan fingerprint density at radius 2 is 2.07 bits per heavy atom. The summed E-state index contributed by atoms with van der Waals surface area (Å²) in [6.07, 6.45) is 1.35. The number of carbonyl (C=O) groups excluding carboxylic acids is 1. The number of thiazole rings is 1. The highest BCUT2D eigenvalue weighted by Crippen LogP contribution is 2.24. The first-order valence-corrected chi connectivity index (χ1v) is 11.1. The Bertz CT molecular complexity index is 1130. The van der Waals surface area contributed by atoms with Crippen molar-refractivity contribution in [1.29, 1.82) is 0 Å². The Balaban J connectivity index is 1.27. The molecule has 1 N–H and O–H groups in total. The van der Waals surface area contributed by atoms with Gasteiger partial charge in [0.25, 0.3) is 5.22 Å². The lowest BCUT2D eigenvalue weighted by Crippen LogP contribution is -2.14. The summed E-state index contributed by atoms with van der Waals surface area (Å²) >= 11 is 8.95. The molecule has 6 nitrogen and oxygen atoms in total. The van der Waals surface area contributed by atoms with Crippen LogP contribution in [0.4, 0.5) is 5.69 Å². The second-order valence-electron chi connectivity index (χ2n) is 6.34. The fraction of sp³-hybridized carbons (Fsp3) is 0.200. The SMILES string of the molecule is Cc1ccc(NC(=O)CSc2nnc(CCc3nc4ccccc4s3)o2)cc1Cl. The number of para-hydroxylation sites is 1. The molecule has 0 atom stereocenters. The molecule has 2 aromatic heterocycles. The van der Waals surface area contributed by atoms with Gasteiger partial charge in [-0.3, -0.25) is 4.79 Å². The zero-order chi connectivity index (χ0) is 20.2. The minimum atomic E-state index is -0.163. The molecule has 0 saturated heterocycles. The fourth-order valence-electron chi connectivity index (χ4n) is 2.63. The number of aromatic nitrogens is 3. The molecule has 0 spiro atoms. The predicted octanol–water partition coefficient (Wildman–Crippen LogP) is 5.16. The average molecular weight is 445 g/mol. The largest absolute Gasteiger partial charge is 0.416 e. The number of carbonyl (C=O) groups is 1. The molecule has 0 saturated carbocycles. The van der Waals surface area contributed by atoms with E-state index < -0.39 is 0 Å². The highest BCUT2D eigenvalue weighted by Gasteiger charge is 2.12. The Kier molecular flexibility index (Phi) is 6.13. The van der Waals surface area contributed by atoms with Crippen LogP contribution in [0.15, 0.2) is 52.1 Å². The normalized spacial score (nSPS) is 11.1. The van der Waals surface area contributed by atoms with Crippen LogP contribution in [0.1, 0.15) is 16.5 Å². The summed E-state index contributed by atoms with van der Waals surface area (Å²) in [6.45, 7) is 1.91. The number of anilines is 1. The molecule has 0 unspecified atom stereocenters. The molecule has 0 radical (unpaired) electrons. The van der Waals surface area contributed by atoms with E-state index in [1.807, 2.05) is 37.3 Å². The van der Waals surface area contributed by atoms with E-state index in [0.29, 0.717) is 28.2 Å². The Labute approximate surface area is 180 Å². The van der Waals surface area contributed by atoms with Gasteiger partial charge < -0.3 is 9.73 Å². The van der Waals surface area contributed by atoms with Gasteiger partial charge in [-0.15, -0.1) is 21.5 Å². The van der Waals surface area contributed by atoms with Gasteiger partial charge in [0, 0.05) is 23.6 Å². The van der Waals surface area contributed by atoms with Crippen molar-refractivity contribution in [2.45, 2.75) is 25.0 Å². The molecule has 148 valence electrons. The monoisotopic (exact) mass is 444 g/mol. The number of amides is 1. The third-order valence-electron chi connectivity index (χ3n) is 4.12. The average Bonchev–Trinajstić information content (AvgIpc) is 3.34. The molecule has 4 rings (SSSR count). The second-order valence-corrected chi connectivity index (χ2v) is 8.79. The number of rotatable bonds is 7. The van der Waals surface area contributed by atoms with Gasteiger partial charge in [0.2, 0.25) is 11.8 Å². The first kappa shape index (κ1) is 19.9. The maximum absolute atomic E-state index is 12.1. The summed E-state index contributed by atoms with van der Waals surface area (Å²) in [5, 5.41) is 12.9. The lowest BCUT2D eigenvalue weighted by molar-refractivity contribution is -0.113. The highest BCUT2D eigenvalue weighted by atomic mass is 35.5. The molecule has 0 fully saturated rings. The summed E-state index contributed by atoms with van der Waals surface area (Å²) < 4.78 is 6.80. The van der Waals surface area contributed by atoms with Crippen LogP contribution in [0.25, 0.3) is 10.2 Å². The number of hydrogen-bond acceptors (Lipinski definition) is 7. The van der Waals surface area contributed by atoms with Gasteiger partial charge in [-0.2, -0.15) is 0 Å². The Morgan fingerprint density at radius 3 is 2.90 bits per heavy atom. The van der Waals surface area contributed by atoms with Crippen LogP contribution < -0.4 is 5.32 Å². The summed E-state index contributed by atoms with van der Waals surface area (Å²) in [4.78, 5) is 16.7. The van der Waals surface area contributed by atoms with Crippen molar-refractivity contribution in [3.63, 3.8) is 0 Å². The first-order valence-electron chi connectivity index (χ1n) is 8.92. The van der Waals surface area contributed by atoms with E-state index in [1.54, 1.807) is 17.4 Å². The molecule has 0 aliphatic rings. The Morgan fingerprint density at radius 1 is 1.21 bits per heavy atom. The van der Waals surface area contributed by atoms with Crippen molar-refractivity contribution in [3.8, 4) is 0 Å². The molecule has 0 bridgehead atoms. The minimum absolute atomic E-state index is 0.163. The van der Waals surface area contributed by atoms with Crippen LogP contribution in [0.3, 0.4) is 0 Å². The van der Waals surface area contributed by atoms with Crippen LogP contribution in [0.2, 0.25) is 5.02 Å². The molecule has 4 aromatic rings. The van der Waals surface area contributed by atoms with Gasteiger partial charge in [0.1, 0.15) is 0 Å². The molecular weight excluding hydrogens is 428 g/mol. The van der Waals surface area contributed by atoms with E-state index in [1.165, 1.54) is 16.5 Å². The maximum Gasteiger partial charge on any atom is 0.277 e. The van der Waals surface area contributed by atoms with E-state index in [0.717, 1.165) is 22.5 Å². The van der Waals surface area contributed by atoms with Gasteiger partial charge in [-0.05, 0) is 36.8 Å². The van der Waals surface area contributed by atoms with Gasteiger partial charge >= 0.3 is 0 Å². The molecule has 29 heavy (non-hydrogen) atoms. The second kappa shape index (κ2) is 8.94. The Hall–Kier alpha value is -2.42. The van der Waals surface area contributed by atoms with Gasteiger partial charge in [-0.25, -0.2) is 4.98 Å². The number of nitrogens with one attached hydrogen (secondary N) is 1. The van der Waals surface area contributed by atoms with Crippen LogP contribution in [0, 0.1) is 6.92 Å². The van der Waals surface area contributed by atoms with Gasteiger partial charge in [-0.1, -0.05) is 41.6 Å². The number of halogens is 1. The number of hydrogen-bond donors (Lipinski definition) is 1. The topological polar surface area (TPSA) is 80.9 Å². The predicted molar refractivity (Wildman–Crippen MR) is 117 cm³/mol. The quantitative estimate of drug-likeness (QED) is 0.396. The summed E-state index contributed by atoms with van der Waals surface area (Å²) in [5.74, 6) is 0.548. The van der Waals surface area contributed by atoms with Crippen molar-refractivity contribution < 1.29 is 9.21 Å². The van der Waals surface area contributed by atoms with Crippen LogP contribution in [0.5, 0.6) is 0 Å².